The first kappa shape index (κ1) is 15.8. The van der Waals surface area contributed by atoms with Crippen LogP contribution in [0.1, 0.15) is 35.6 Å². The average Bonchev–Trinajstić information content (AvgIpc) is 3.05. The lowest BCUT2D eigenvalue weighted by molar-refractivity contribution is 0.0767. The summed E-state index contributed by atoms with van der Waals surface area (Å²) in [5.41, 5.74) is 2.60. The van der Waals surface area contributed by atoms with E-state index >= 15 is 0 Å². The van der Waals surface area contributed by atoms with Gasteiger partial charge in [-0.1, -0.05) is 24.1 Å². The highest BCUT2D eigenvalue weighted by atomic mass is 16.2. The SMILES string of the molecule is CCN(CC)C(=O)c1cc2nc(C#Cc3ccccc3)ccn2n1. The highest BCUT2D eigenvalue weighted by Gasteiger charge is 2.16. The van der Waals surface area contributed by atoms with Gasteiger partial charge in [0.05, 0.1) is 0 Å². The molecule has 3 aromatic rings. The van der Waals surface area contributed by atoms with E-state index in [-0.39, 0.29) is 5.91 Å². The van der Waals surface area contributed by atoms with Crippen LogP contribution in [0.5, 0.6) is 0 Å². The highest BCUT2D eigenvalue weighted by Crippen LogP contribution is 2.08. The summed E-state index contributed by atoms with van der Waals surface area (Å²) in [4.78, 5) is 18.6. The highest BCUT2D eigenvalue weighted by molar-refractivity contribution is 5.93. The van der Waals surface area contributed by atoms with Crippen LogP contribution in [-0.4, -0.2) is 38.5 Å². The summed E-state index contributed by atoms with van der Waals surface area (Å²) in [6, 6.07) is 13.2. The lowest BCUT2D eigenvalue weighted by Crippen LogP contribution is -2.30. The summed E-state index contributed by atoms with van der Waals surface area (Å²) in [6.45, 7) is 5.22. The van der Waals surface area contributed by atoms with E-state index in [1.807, 2.05) is 44.2 Å². The van der Waals surface area contributed by atoms with Crippen LogP contribution in [0, 0.1) is 11.8 Å². The predicted octanol–water partition coefficient (Wildman–Crippen LogP) is 2.61. The Morgan fingerprint density at radius 1 is 1.12 bits per heavy atom. The molecule has 3 rings (SSSR count). The number of hydrogen-bond donors (Lipinski definition) is 0. The molecule has 24 heavy (non-hydrogen) atoms. The zero-order valence-electron chi connectivity index (χ0n) is 13.7. The second kappa shape index (κ2) is 6.97. The molecule has 5 heteroatoms. The normalized spacial score (nSPS) is 10.2. The van der Waals surface area contributed by atoms with Gasteiger partial charge >= 0.3 is 0 Å². The van der Waals surface area contributed by atoms with Crippen molar-refractivity contribution >= 4 is 11.6 Å². The Hall–Kier alpha value is -3.13. The van der Waals surface area contributed by atoms with Crippen LogP contribution in [-0.2, 0) is 0 Å². The fraction of sp³-hybridized carbons (Fsp3) is 0.211. The van der Waals surface area contributed by atoms with Crippen LogP contribution in [0.15, 0.2) is 48.7 Å². The molecule has 0 fully saturated rings. The molecule has 0 radical (unpaired) electrons. The maximum Gasteiger partial charge on any atom is 0.274 e. The Morgan fingerprint density at radius 3 is 2.58 bits per heavy atom. The number of carbonyl (C=O) groups excluding carboxylic acids is 1. The first-order chi connectivity index (χ1) is 11.7. The van der Waals surface area contributed by atoms with E-state index in [9.17, 15) is 4.79 Å². The Balaban J connectivity index is 1.90. The third kappa shape index (κ3) is 3.28. The quantitative estimate of drug-likeness (QED) is 0.698. The standard InChI is InChI=1S/C19H18N4O/c1-3-22(4-2)19(24)17-14-18-20-16(12-13-23(18)21-17)11-10-15-8-6-5-7-9-15/h5-9,12-14H,3-4H2,1-2H3. The molecule has 0 aliphatic heterocycles. The predicted molar refractivity (Wildman–Crippen MR) is 92.7 cm³/mol. The molecule has 2 aromatic heterocycles. The first-order valence-electron chi connectivity index (χ1n) is 7.94. The van der Waals surface area contributed by atoms with Gasteiger partial charge in [0.1, 0.15) is 5.69 Å². The van der Waals surface area contributed by atoms with E-state index in [0.717, 1.165) is 5.56 Å². The van der Waals surface area contributed by atoms with Crippen molar-refractivity contribution in [1.29, 1.82) is 0 Å². The van der Waals surface area contributed by atoms with Crippen molar-refractivity contribution in [3.8, 4) is 11.8 Å². The summed E-state index contributed by atoms with van der Waals surface area (Å²) in [7, 11) is 0. The zero-order valence-corrected chi connectivity index (χ0v) is 13.7. The lowest BCUT2D eigenvalue weighted by Gasteiger charge is -2.16. The van der Waals surface area contributed by atoms with Gasteiger partial charge in [0, 0.05) is 30.9 Å². The molecule has 0 saturated carbocycles. The minimum atomic E-state index is -0.0811. The van der Waals surface area contributed by atoms with Gasteiger partial charge in [-0.3, -0.25) is 4.79 Å². The van der Waals surface area contributed by atoms with E-state index < -0.39 is 0 Å². The van der Waals surface area contributed by atoms with Gasteiger partial charge in [0.25, 0.3) is 5.91 Å². The van der Waals surface area contributed by atoms with E-state index in [1.165, 1.54) is 0 Å². The number of aromatic nitrogens is 3. The van der Waals surface area contributed by atoms with Crippen LogP contribution in [0.4, 0.5) is 0 Å². The van der Waals surface area contributed by atoms with E-state index in [4.69, 9.17) is 0 Å². The fourth-order valence-electron chi connectivity index (χ4n) is 2.38. The molecular formula is C19H18N4O. The number of fused-ring (bicyclic) bond motifs is 1. The molecule has 0 aliphatic carbocycles. The van der Waals surface area contributed by atoms with Gasteiger partial charge in [-0.15, -0.1) is 0 Å². The molecule has 5 nitrogen and oxygen atoms in total. The Kier molecular flexibility index (Phi) is 4.57. The monoisotopic (exact) mass is 318 g/mol. The number of benzene rings is 1. The molecule has 0 N–H and O–H groups in total. The average molecular weight is 318 g/mol. The molecule has 0 unspecified atom stereocenters. The van der Waals surface area contributed by atoms with Crippen molar-refractivity contribution in [2.24, 2.45) is 0 Å². The minimum absolute atomic E-state index is 0.0811. The van der Waals surface area contributed by atoms with Crippen LogP contribution in [0.2, 0.25) is 0 Å². The summed E-state index contributed by atoms with van der Waals surface area (Å²) in [5, 5.41) is 4.30. The van der Waals surface area contributed by atoms with Crippen molar-refractivity contribution in [3.63, 3.8) is 0 Å². The fourth-order valence-corrected chi connectivity index (χ4v) is 2.38. The van der Waals surface area contributed by atoms with Crippen molar-refractivity contribution in [3.05, 3.63) is 65.6 Å². The molecule has 0 bridgehead atoms. The van der Waals surface area contributed by atoms with Crippen LogP contribution in [0.3, 0.4) is 0 Å². The van der Waals surface area contributed by atoms with Gasteiger partial charge < -0.3 is 4.90 Å². The number of amides is 1. The van der Waals surface area contributed by atoms with Crippen molar-refractivity contribution in [2.45, 2.75) is 13.8 Å². The van der Waals surface area contributed by atoms with Crippen molar-refractivity contribution < 1.29 is 4.79 Å². The number of nitrogens with zero attached hydrogens (tertiary/aromatic N) is 4. The molecule has 2 heterocycles. The van der Waals surface area contributed by atoms with Crippen LogP contribution >= 0.6 is 0 Å². The Morgan fingerprint density at radius 2 is 1.88 bits per heavy atom. The van der Waals surface area contributed by atoms with E-state index in [0.29, 0.717) is 30.1 Å². The number of rotatable bonds is 3. The lowest BCUT2D eigenvalue weighted by atomic mass is 10.2. The van der Waals surface area contributed by atoms with Crippen molar-refractivity contribution in [1.82, 2.24) is 19.5 Å². The van der Waals surface area contributed by atoms with Crippen LogP contribution < -0.4 is 0 Å². The Bertz CT molecular complexity index is 915. The third-order valence-corrected chi connectivity index (χ3v) is 3.70. The second-order valence-corrected chi connectivity index (χ2v) is 5.24. The number of carbonyl (C=O) groups is 1. The molecule has 1 amide bonds. The number of hydrogen-bond acceptors (Lipinski definition) is 3. The largest absolute Gasteiger partial charge is 0.338 e. The van der Waals surface area contributed by atoms with Gasteiger partial charge in [-0.2, -0.15) is 5.10 Å². The first-order valence-corrected chi connectivity index (χ1v) is 7.94. The van der Waals surface area contributed by atoms with E-state index in [1.54, 1.807) is 27.7 Å². The topological polar surface area (TPSA) is 50.5 Å². The second-order valence-electron chi connectivity index (χ2n) is 5.24. The molecule has 0 aliphatic rings. The van der Waals surface area contributed by atoms with Gasteiger partial charge in [0.15, 0.2) is 11.3 Å². The summed E-state index contributed by atoms with van der Waals surface area (Å²) < 4.78 is 1.60. The molecule has 0 spiro atoms. The molecule has 120 valence electrons. The van der Waals surface area contributed by atoms with Gasteiger partial charge in [-0.05, 0) is 38.0 Å². The maximum atomic E-state index is 12.4. The minimum Gasteiger partial charge on any atom is -0.338 e. The van der Waals surface area contributed by atoms with Crippen molar-refractivity contribution in [2.75, 3.05) is 13.1 Å². The van der Waals surface area contributed by atoms with E-state index in [2.05, 4.69) is 21.9 Å². The molecular weight excluding hydrogens is 300 g/mol. The molecule has 0 saturated heterocycles. The third-order valence-electron chi connectivity index (χ3n) is 3.70. The molecule has 1 aromatic carbocycles. The maximum absolute atomic E-state index is 12.4. The van der Waals surface area contributed by atoms with Crippen LogP contribution in [0.25, 0.3) is 5.65 Å². The summed E-state index contributed by atoms with van der Waals surface area (Å²) >= 11 is 0. The summed E-state index contributed by atoms with van der Waals surface area (Å²) in [5.74, 6) is 6.03. The zero-order chi connectivity index (χ0) is 16.9. The summed E-state index contributed by atoms with van der Waals surface area (Å²) in [6.07, 6.45) is 1.77. The Labute approximate surface area is 140 Å². The van der Waals surface area contributed by atoms with Gasteiger partial charge in [0.2, 0.25) is 0 Å². The smallest absolute Gasteiger partial charge is 0.274 e. The molecule has 0 atom stereocenters. The van der Waals surface area contributed by atoms with Gasteiger partial charge in [-0.25, -0.2) is 9.50 Å².